The number of hydrogen-bond acceptors (Lipinski definition) is 3. The van der Waals surface area contributed by atoms with E-state index in [9.17, 15) is 4.79 Å². The molecule has 0 unspecified atom stereocenters. The number of aromatic amines is 1. The first-order valence-corrected chi connectivity index (χ1v) is 7.06. The van der Waals surface area contributed by atoms with Gasteiger partial charge in [-0.2, -0.15) is 4.98 Å². The van der Waals surface area contributed by atoms with Crippen molar-refractivity contribution >= 4 is 11.0 Å². The van der Waals surface area contributed by atoms with E-state index in [0.29, 0.717) is 5.65 Å². The number of aromatic nitrogens is 3. The van der Waals surface area contributed by atoms with E-state index in [0.717, 1.165) is 29.9 Å². The maximum atomic E-state index is 12.1. The minimum absolute atomic E-state index is 0.274. The van der Waals surface area contributed by atoms with Gasteiger partial charge in [-0.25, -0.2) is 4.79 Å². The number of rotatable bonds is 4. The summed E-state index contributed by atoms with van der Waals surface area (Å²) < 4.78 is 1.58. The third kappa shape index (κ3) is 2.73. The van der Waals surface area contributed by atoms with Crippen LogP contribution in [0.2, 0.25) is 0 Å². The summed E-state index contributed by atoms with van der Waals surface area (Å²) in [4.78, 5) is 19.3. The minimum Gasteiger partial charge on any atom is -0.343 e. The van der Waals surface area contributed by atoms with E-state index < -0.39 is 0 Å². The molecule has 2 aromatic heterocycles. The number of fused-ring (bicyclic) bond motifs is 1. The maximum absolute atomic E-state index is 12.1. The SMILES string of the molecule is CCNCc1ccc(-n2cc3cc(C)[nH]c3nc2=O)cc1. The Bertz CT molecular complexity index is 814. The summed E-state index contributed by atoms with van der Waals surface area (Å²) in [6.07, 6.45) is 1.83. The highest BCUT2D eigenvalue weighted by Gasteiger charge is 2.06. The second-order valence-corrected chi connectivity index (χ2v) is 5.10. The quantitative estimate of drug-likeness (QED) is 0.770. The molecule has 2 heterocycles. The van der Waals surface area contributed by atoms with Gasteiger partial charge < -0.3 is 10.3 Å². The number of hydrogen-bond donors (Lipinski definition) is 2. The van der Waals surface area contributed by atoms with Crippen LogP contribution in [0.5, 0.6) is 0 Å². The summed E-state index contributed by atoms with van der Waals surface area (Å²) in [7, 11) is 0. The summed E-state index contributed by atoms with van der Waals surface area (Å²) >= 11 is 0. The monoisotopic (exact) mass is 282 g/mol. The van der Waals surface area contributed by atoms with Gasteiger partial charge in [0.15, 0.2) is 0 Å². The fraction of sp³-hybridized carbons (Fsp3) is 0.250. The molecule has 1 aromatic carbocycles. The van der Waals surface area contributed by atoms with E-state index in [1.165, 1.54) is 5.56 Å². The Morgan fingerprint density at radius 3 is 2.76 bits per heavy atom. The summed E-state index contributed by atoms with van der Waals surface area (Å²) in [6, 6.07) is 9.92. The van der Waals surface area contributed by atoms with Crippen molar-refractivity contribution in [3.05, 3.63) is 58.3 Å². The topological polar surface area (TPSA) is 62.7 Å². The zero-order valence-corrected chi connectivity index (χ0v) is 12.2. The van der Waals surface area contributed by atoms with Crippen molar-refractivity contribution in [2.75, 3.05) is 6.54 Å². The largest absolute Gasteiger partial charge is 0.354 e. The van der Waals surface area contributed by atoms with Crippen LogP contribution in [0.1, 0.15) is 18.2 Å². The van der Waals surface area contributed by atoms with Gasteiger partial charge in [0, 0.05) is 23.8 Å². The maximum Gasteiger partial charge on any atom is 0.354 e. The van der Waals surface area contributed by atoms with Gasteiger partial charge in [-0.3, -0.25) is 4.57 Å². The van der Waals surface area contributed by atoms with Gasteiger partial charge in [0.05, 0.1) is 5.69 Å². The first-order chi connectivity index (χ1) is 10.2. The predicted molar refractivity (Wildman–Crippen MR) is 83.8 cm³/mol. The van der Waals surface area contributed by atoms with Crippen LogP contribution in [0.4, 0.5) is 0 Å². The van der Waals surface area contributed by atoms with Crippen molar-refractivity contribution in [1.29, 1.82) is 0 Å². The van der Waals surface area contributed by atoms with Crippen LogP contribution in [0, 0.1) is 6.92 Å². The first-order valence-electron chi connectivity index (χ1n) is 7.06. The molecule has 0 aliphatic carbocycles. The van der Waals surface area contributed by atoms with Crippen molar-refractivity contribution in [1.82, 2.24) is 19.9 Å². The molecule has 3 rings (SSSR count). The van der Waals surface area contributed by atoms with Gasteiger partial charge in [0.1, 0.15) is 5.65 Å². The summed E-state index contributed by atoms with van der Waals surface area (Å²) in [5.74, 6) is 0. The van der Waals surface area contributed by atoms with Crippen molar-refractivity contribution in [2.45, 2.75) is 20.4 Å². The normalized spacial score (nSPS) is 11.1. The standard InChI is InChI=1S/C16H18N4O/c1-3-17-9-12-4-6-14(7-5-12)20-10-13-8-11(2)18-15(13)19-16(20)21/h4-8,10,17H,3,9H2,1-2H3,(H,18,19,21). The van der Waals surface area contributed by atoms with Crippen molar-refractivity contribution in [3.63, 3.8) is 0 Å². The molecule has 0 aliphatic heterocycles. The number of H-pyrrole nitrogens is 1. The van der Waals surface area contributed by atoms with Crippen LogP contribution in [-0.4, -0.2) is 21.1 Å². The van der Waals surface area contributed by atoms with Crippen molar-refractivity contribution in [2.24, 2.45) is 0 Å². The van der Waals surface area contributed by atoms with E-state index in [-0.39, 0.29) is 5.69 Å². The van der Waals surface area contributed by atoms with Crippen LogP contribution in [0.3, 0.4) is 0 Å². The van der Waals surface area contributed by atoms with Gasteiger partial charge in [0.2, 0.25) is 0 Å². The molecule has 0 saturated heterocycles. The summed E-state index contributed by atoms with van der Waals surface area (Å²) in [6.45, 7) is 5.80. The van der Waals surface area contributed by atoms with Crippen LogP contribution in [-0.2, 0) is 6.54 Å². The predicted octanol–water partition coefficient (Wildman–Crippen LogP) is 2.13. The number of aryl methyl sites for hydroxylation is 1. The van der Waals surface area contributed by atoms with Gasteiger partial charge in [-0.15, -0.1) is 0 Å². The zero-order chi connectivity index (χ0) is 14.8. The zero-order valence-electron chi connectivity index (χ0n) is 12.2. The van der Waals surface area contributed by atoms with E-state index in [2.05, 4.69) is 22.2 Å². The molecule has 0 saturated carbocycles. The average molecular weight is 282 g/mol. The van der Waals surface area contributed by atoms with E-state index in [1.807, 2.05) is 43.5 Å². The van der Waals surface area contributed by atoms with E-state index in [4.69, 9.17) is 0 Å². The van der Waals surface area contributed by atoms with E-state index in [1.54, 1.807) is 4.57 Å². The average Bonchev–Trinajstić information content (AvgIpc) is 2.84. The third-order valence-electron chi connectivity index (χ3n) is 3.44. The second kappa shape index (κ2) is 5.54. The van der Waals surface area contributed by atoms with Gasteiger partial charge >= 0.3 is 5.69 Å². The molecule has 21 heavy (non-hydrogen) atoms. The molecule has 0 radical (unpaired) electrons. The smallest absolute Gasteiger partial charge is 0.343 e. The fourth-order valence-electron chi connectivity index (χ4n) is 2.36. The highest BCUT2D eigenvalue weighted by atomic mass is 16.1. The Hall–Kier alpha value is -2.40. The molecule has 3 aromatic rings. The third-order valence-corrected chi connectivity index (χ3v) is 3.44. The summed E-state index contributed by atoms with van der Waals surface area (Å²) in [5.41, 5.74) is 3.38. The van der Waals surface area contributed by atoms with Gasteiger partial charge in [0.25, 0.3) is 0 Å². The lowest BCUT2D eigenvalue weighted by molar-refractivity contribution is 0.726. The molecule has 5 nitrogen and oxygen atoms in total. The van der Waals surface area contributed by atoms with Crippen LogP contribution >= 0.6 is 0 Å². The highest BCUT2D eigenvalue weighted by Crippen LogP contribution is 2.13. The van der Waals surface area contributed by atoms with E-state index >= 15 is 0 Å². The molecule has 5 heteroatoms. The Balaban J connectivity index is 1.99. The molecule has 108 valence electrons. The Kier molecular flexibility index (Phi) is 3.58. The lowest BCUT2D eigenvalue weighted by atomic mass is 10.2. The molecule has 0 bridgehead atoms. The van der Waals surface area contributed by atoms with Crippen LogP contribution in [0.15, 0.2) is 41.3 Å². The number of benzene rings is 1. The minimum atomic E-state index is -0.274. The van der Waals surface area contributed by atoms with Crippen molar-refractivity contribution in [3.8, 4) is 5.69 Å². The molecular weight excluding hydrogens is 264 g/mol. The molecular formula is C16H18N4O. The first kappa shape index (κ1) is 13.6. The highest BCUT2D eigenvalue weighted by molar-refractivity contribution is 5.75. The van der Waals surface area contributed by atoms with Crippen LogP contribution < -0.4 is 11.0 Å². The lowest BCUT2D eigenvalue weighted by Crippen LogP contribution is -2.20. The Morgan fingerprint density at radius 2 is 2.05 bits per heavy atom. The summed E-state index contributed by atoms with van der Waals surface area (Å²) in [5, 5.41) is 4.21. The lowest BCUT2D eigenvalue weighted by Gasteiger charge is -2.07. The van der Waals surface area contributed by atoms with Gasteiger partial charge in [-0.1, -0.05) is 19.1 Å². The second-order valence-electron chi connectivity index (χ2n) is 5.10. The molecule has 0 spiro atoms. The number of nitrogens with zero attached hydrogens (tertiary/aromatic N) is 2. The molecule has 0 amide bonds. The Labute approximate surface area is 122 Å². The fourth-order valence-corrected chi connectivity index (χ4v) is 2.36. The van der Waals surface area contributed by atoms with Crippen LogP contribution in [0.25, 0.3) is 16.7 Å². The van der Waals surface area contributed by atoms with Crippen molar-refractivity contribution < 1.29 is 0 Å². The molecule has 0 aliphatic rings. The molecule has 0 fully saturated rings. The molecule has 0 atom stereocenters. The number of nitrogens with one attached hydrogen (secondary N) is 2. The van der Waals surface area contributed by atoms with Gasteiger partial charge in [-0.05, 0) is 37.2 Å². The molecule has 2 N–H and O–H groups in total. The Morgan fingerprint density at radius 1 is 1.29 bits per heavy atom.